The van der Waals surface area contributed by atoms with E-state index in [9.17, 15) is 14.0 Å². The monoisotopic (exact) mass is 408 g/mol. The Morgan fingerprint density at radius 3 is 2.93 bits per heavy atom. The van der Waals surface area contributed by atoms with Gasteiger partial charge >= 0.3 is 0 Å². The Morgan fingerprint density at radius 2 is 2.15 bits per heavy atom. The number of para-hydroxylation sites is 1. The number of carbonyl (C=O) groups excluding carboxylic acids is 2. The average Bonchev–Trinajstić information content (AvgIpc) is 2.62. The van der Waals surface area contributed by atoms with Gasteiger partial charge in [0.1, 0.15) is 6.61 Å². The van der Waals surface area contributed by atoms with Gasteiger partial charge in [0.2, 0.25) is 11.8 Å². The summed E-state index contributed by atoms with van der Waals surface area (Å²) in [5, 5.41) is 5.55. The quantitative estimate of drug-likeness (QED) is 0.761. The molecule has 0 saturated carbocycles. The Hall–Kier alpha value is -2.25. The van der Waals surface area contributed by atoms with E-state index in [1.807, 2.05) is 6.07 Å². The molecule has 0 spiro atoms. The summed E-state index contributed by atoms with van der Waals surface area (Å²) in [5.41, 5.74) is 0.654. The Morgan fingerprint density at radius 1 is 1.37 bits per heavy atom. The number of amides is 2. The summed E-state index contributed by atoms with van der Waals surface area (Å²) >= 11 is 7.26. The molecular formula is C19H18ClFN2O3S. The highest BCUT2D eigenvalue weighted by Crippen LogP contribution is 2.38. The molecule has 0 bridgehead atoms. The van der Waals surface area contributed by atoms with Gasteiger partial charge in [0.15, 0.2) is 11.6 Å². The third-order valence-electron chi connectivity index (χ3n) is 3.86. The van der Waals surface area contributed by atoms with Crippen LogP contribution >= 0.6 is 23.4 Å². The lowest BCUT2D eigenvalue weighted by Crippen LogP contribution is -2.40. The number of nitrogens with one attached hydrogen (secondary N) is 2. The zero-order valence-corrected chi connectivity index (χ0v) is 16.1. The number of halogens is 2. The zero-order valence-electron chi connectivity index (χ0n) is 14.5. The van der Waals surface area contributed by atoms with Gasteiger partial charge in [-0.2, -0.15) is 0 Å². The van der Waals surface area contributed by atoms with Crippen LogP contribution in [0.15, 0.2) is 47.4 Å². The molecule has 0 aliphatic carbocycles. The minimum Gasteiger partial charge on any atom is -0.488 e. The molecule has 142 valence electrons. The second kappa shape index (κ2) is 8.63. The van der Waals surface area contributed by atoms with Crippen LogP contribution in [0.25, 0.3) is 0 Å². The fraction of sp³-hybridized carbons (Fsp3) is 0.263. The molecule has 0 radical (unpaired) electrons. The van der Waals surface area contributed by atoms with Gasteiger partial charge in [-0.15, -0.1) is 11.8 Å². The molecule has 2 aromatic carbocycles. The van der Waals surface area contributed by atoms with Crippen LogP contribution in [-0.2, 0) is 9.59 Å². The van der Waals surface area contributed by atoms with Gasteiger partial charge in [-0.05, 0) is 37.3 Å². The number of ether oxygens (including phenoxy) is 1. The molecule has 0 saturated heterocycles. The Balaban J connectivity index is 1.51. The molecule has 2 unspecified atom stereocenters. The molecule has 1 heterocycles. The highest BCUT2D eigenvalue weighted by Gasteiger charge is 2.29. The fourth-order valence-electron chi connectivity index (χ4n) is 2.58. The topological polar surface area (TPSA) is 67.4 Å². The van der Waals surface area contributed by atoms with Crippen LogP contribution in [0.2, 0.25) is 5.02 Å². The maximum absolute atomic E-state index is 13.5. The SMILES string of the molecule is CC(COc1ccccc1F)NC(=O)CC1Sc2ccc(Cl)cc2NC1=O. The third kappa shape index (κ3) is 5.14. The maximum atomic E-state index is 13.5. The summed E-state index contributed by atoms with van der Waals surface area (Å²) in [4.78, 5) is 25.3. The Kier molecular flexibility index (Phi) is 6.23. The number of hydrogen-bond acceptors (Lipinski definition) is 4. The molecule has 2 atom stereocenters. The summed E-state index contributed by atoms with van der Waals surface area (Å²) in [7, 11) is 0. The fourth-order valence-corrected chi connectivity index (χ4v) is 3.84. The van der Waals surface area contributed by atoms with Crippen LogP contribution in [-0.4, -0.2) is 29.7 Å². The first-order chi connectivity index (χ1) is 12.9. The van der Waals surface area contributed by atoms with Crippen LogP contribution in [0.1, 0.15) is 13.3 Å². The lowest BCUT2D eigenvalue weighted by Gasteiger charge is -2.24. The molecule has 1 aliphatic heterocycles. The van der Waals surface area contributed by atoms with Crippen molar-refractivity contribution in [1.82, 2.24) is 5.32 Å². The number of hydrogen-bond donors (Lipinski definition) is 2. The van der Waals surface area contributed by atoms with Crippen molar-refractivity contribution in [2.75, 3.05) is 11.9 Å². The number of carbonyl (C=O) groups is 2. The van der Waals surface area contributed by atoms with Gasteiger partial charge in [0.25, 0.3) is 0 Å². The van der Waals surface area contributed by atoms with Gasteiger partial charge in [-0.3, -0.25) is 9.59 Å². The van der Waals surface area contributed by atoms with Crippen molar-refractivity contribution in [2.45, 2.75) is 29.5 Å². The van der Waals surface area contributed by atoms with Crippen molar-refractivity contribution in [1.29, 1.82) is 0 Å². The molecule has 0 aromatic heterocycles. The molecule has 3 rings (SSSR count). The zero-order chi connectivity index (χ0) is 19.4. The summed E-state index contributed by atoms with van der Waals surface area (Å²) in [6.07, 6.45) is 0.0304. The van der Waals surface area contributed by atoms with E-state index in [1.165, 1.54) is 23.9 Å². The highest BCUT2D eigenvalue weighted by atomic mass is 35.5. The lowest BCUT2D eigenvalue weighted by atomic mass is 10.2. The molecule has 2 amide bonds. The normalized spacial score (nSPS) is 16.9. The molecular weight excluding hydrogens is 391 g/mol. The molecule has 27 heavy (non-hydrogen) atoms. The molecule has 1 aliphatic rings. The van der Waals surface area contributed by atoms with E-state index >= 15 is 0 Å². The second-order valence-electron chi connectivity index (χ2n) is 6.15. The third-order valence-corrected chi connectivity index (χ3v) is 5.38. The molecule has 8 heteroatoms. The molecule has 0 fully saturated rings. The van der Waals surface area contributed by atoms with Crippen LogP contribution in [0.3, 0.4) is 0 Å². The first-order valence-electron chi connectivity index (χ1n) is 8.36. The smallest absolute Gasteiger partial charge is 0.238 e. The first kappa shape index (κ1) is 19.5. The van der Waals surface area contributed by atoms with Gasteiger partial charge in [-0.25, -0.2) is 4.39 Å². The molecule has 5 nitrogen and oxygen atoms in total. The van der Waals surface area contributed by atoms with Crippen LogP contribution in [0, 0.1) is 5.82 Å². The first-order valence-corrected chi connectivity index (χ1v) is 9.62. The van der Waals surface area contributed by atoms with E-state index in [2.05, 4.69) is 10.6 Å². The minimum atomic E-state index is -0.529. The Labute approximate surface area is 165 Å². The summed E-state index contributed by atoms with van der Waals surface area (Å²) in [6.45, 7) is 1.88. The standard InChI is InChI=1S/C19H18ClFN2O3S/c1-11(10-26-15-5-3-2-4-13(15)21)22-18(24)9-17-19(25)23-14-8-12(20)6-7-16(14)27-17/h2-8,11,17H,9-10H2,1H3,(H,22,24)(H,23,25). The van der Waals surface area contributed by atoms with Crippen LogP contribution in [0.4, 0.5) is 10.1 Å². The molecule has 2 N–H and O–H groups in total. The maximum Gasteiger partial charge on any atom is 0.238 e. The average molecular weight is 409 g/mol. The summed E-state index contributed by atoms with van der Waals surface area (Å²) < 4.78 is 18.9. The van der Waals surface area contributed by atoms with Crippen molar-refractivity contribution in [3.8, 4) is 5.75 Å². The predicted molar refractivity (Wildman–Crippen MR) is 104 cm³/mol. The van der Waals surface area contributed by atoms with Crippen molar-refractivity contribution in [3.63, 3.8) is 0 Å². The number of benzene rings is 2. The number of fused-ring (bicyclic) bond motifs is 1. The summed E-state index contributed by atoms with van der Waals surface area (Å²) in [6, 6.07) is 11.0. The van der Waals surface area contributed by atoms with Gasteiger partial charge in [-0.1, -0.05) is 23.7 Å². The van der Waals surface area contributed by atoms with Crippen LogP contribution in [0.5, 0.6) is 5.75 Å². The van der Waals surface area contributed by atoms with E-state index in [-0.39, 0.29) is 36.6 Å². The Bertz CT molecular complexity index is 865. The summed E-state index contributed by atoms with van der Waals surface area (Å²) in [5.74, 6) is -0.828. The number of thioether (sulfide) groups is 1. The van der Waals surface area contributed by atoms with Crippen LogP contribution < -0.4 is 15.4 Å². The highest BCUT2D eigenvalue weighted by molar-refractivity contribution is 8.01. The van der Waals surface area contributed by atoms with E-state index in [1.54, 1.807) is 31.2 Å². The number of anilines is 1. The van der Waals surface area contributed by atoms with E-state index in [0.717, 1.165) is 4.90 Å². The van der Waals surface area contributed by atoms with Gasteiger partial charge in [0, 0.05) is 16.3 Å². The van der Waals surface area contributed by atoms with E-state index in [0.29, 0.717) is 10.7 Å². The van der Waals surface area contributed by atoms with E-state index in [4.69, 9.17) is 16.3 Å². The van der Waals surface area contributed by atoms with Gasteiger partial charge < -0.3 is 15.4 Å². The predicted octanol–water partition coefficient (Wildman–Crippen LogP) is 3.87. The van der Waals surface area contributed by atoms with Crippen molar-refractivity contribution in [3.05, 3.63) is 53.3 Å². The van der Waals surface area contributed by atoms with Crippen molar-refractivity contribution in [2.24, 2.45) is 0 Å². The lowest BCUT2D eigenvalue weighted by molar-refractivity contribution is -0.124. The molecule has 2 aromatic rings. The minimum absolute atomic E-state index is 0.0304. The van der Waals surface area contributed by atoms with Crippen molar-refractivity contribution >= 4 is 40.9 Å². The van der Waals surface area contributed by atoms with Gasteiger partial charge in [0.05, 0.1) is 17.0 Å². The number of rotatable bonds is 6. The largest absolute Gasteiger partial charge is 0.488 e. The van der Waals surface area contributed by atoms with Crippen molar-refractivity contribution < 1.29 is 18.7 Å². The van der Waals surface area contributed by atoms with E-state index < -0.39 is 11.1 Å². The second-order valence-corrected chi connectivity index (χ2v) is 7.83.